The maximum Gasteiger partial charge on any atom is 0.276 e. The summed E-state index contributed by atoms with van der Waals surface area (Å²) in [5.74, 6) is -0.114. The van der Waals surface area contributed by atoms with Gasteiger partial charge in [-0.3, -0.25) is 25.4 Å². The third-order valence-electron chi connectivity index (χ3n) is 2.91. The average molecular weight is 378 g/mol. The van der Waals surface area contributed by atoms with Crippen LogP contribution in [-0.2, 0) is 16.0 Å². The Balaban J connectivity index is 1.63. The fourth-order valence-electron chi connectivity index (χ4n) is 1.73. The van der Waals surface area contributed by atoms with Crippen molar-refractivity contribution in [2.75, 3.05) is 6.61 Å². The Hall–Kier alpha value is -2.41. The van der Waals surface area contributed by atoms with E-state index in [1.807, 2.05) is 24.3 Å². The molecule has 7 heteroatoms. The Morgan fingerprint density at radius 1 is 1.00 bits per heavy atom. The molecule has 0 unspecified atom stereocenters. The minimum Gasteiger partial charge on any atom is -0.484 e. The van der Waals surface area contributed by atoms with Gasteiger partial charge < -0.3 is 4.74 Å². The van der Waals surface area contributed by atoms with Crippen molar-refractivity contribution in [2.24, 2.45) is 0 Å². The third-order valence-corrected chi connectivity index (χ3v) is 3.44. The molecule has 2 aromatic rings. The average Bonchev–Trinajstić information content (AvgIpc) is 2.58. The number of pyridine rings is 1. The van der Waals surface area contributed by atoms with Crippen LogP contribution in [0.25, 0.3) is 0 Å². The van der Waals surface area contributed by atoms with Crippen molar-refractivity contribution in [2.45, 2.75) is 12.8 Å². The van der Waals surface area contributed by atoms with Crippen LogP contribution in [0.1, 0.15) is 12.0 Å². The molecule has 0 saturated carbocycles. The summed E-state index contributed by atoms with van der Waals surface area (Å²) in [6.45, 7) is -0.174. The molecule has 120 valence electrons. The van der Waals surface area contributed by atoms with E-state index < -0.39 is 5.91 Å². The number of aromatic nitrogens is 1. The summed E-state index contributed by atoms with van der Waals surface area (Å²) in [6.07, 6.45) is 4.21. The van der Waals surface area contributed by atoms with E-state index in [-0.39, 0.29) is 18.9 Å². The van der Waals surface area contributed by atoms with E-state index >= 15 is 0 Å². The maximum absolute atomic E-state index is 11.6. The Kier molecular flexibility index (Phi) is 6.56. The highest BCUT2D eigenvalue weighted by Crippen LogP contribution is 2.15. The van der Waals surface area contributed by atoms with Gasteiger partial charge in [-0.15, -0.1) is 0 Å². The summed E-state index contributed by atoms with van der Waals surface area (Å²) < 4.78 is 6.22. The molecule has 2 rings (SSSR count). The van der Waals surface area contributed by atoms with Gasteiger partial charge in [0, 0.05) is 23.3 Å². The summed E-state index contributed by atoms with van der Waals surface area (Å²) in [7, 11) is 0. The highest BCUT2D eigenvalue weighted by molar-refractivity contribution is 9.10. The van der Waals surface area contributed by atoms with Crippen molar-refractivity contribution in [1.29, 1.82) is 0 Å². The number of nitrogens with zero attached hydrogens (tertiary/aromatic N) is 1. The number of halogens is 1. The topological polar surface area (TPSA) is 80.3 Å². The molecule has 0 bridgehead atoms. The summed E-state index contributed by atoms with van der Waals surface area (Å²) in [5, 5.41) is 0. The van der Waals surface area contributed by atoms with E-state index in [2.05, 4.69) is 31.8 Å². The van der Waals surface area contributed by atoms with E-state index in [4.69, 9.17) is 4.74 Å². The standard InChI is InChI=1S/C16H16BrN3O3/c17-13-2-4-14(5-3-13)23-11-16(22)20-19-15(21)6-1-12-7-9-18-10-8-12/h2-5,7-10H,1,6,11H2,(H,19,21)(H,20,22). The first kappa shape index (κ1) is 17.0. The molecule has 1 aromatic carbocycles. The van der Waals surface area contributed by atoms with E-state index in [1.54, 1.807) is 24.5 Å². The lowest BCUT2D eigenvalue weighted by Gasteiger charge is -2.09. The summed E-state index contributed by atoms with van der Waals surface area (Å²) in [5.41, 5.74) is 5.69. The molecule has 6 nitrogen and oxygen atoms in total. The number of rotatable bonds is 6. The molecule has 1 aromatic heterocycles. The summed E-state index contributed by atoms with van der Waals surface area (Å²) in [6, 6.07) is 10.8. The van der Waals surface area contributed by atoms with Crippen LogP contribution < -0.4 is 15.6 Å². The molecule has 23 heavy (non-hydrogen) atoms. The Morgan fingerprint density at radius 2 is 1.65 bits per heavy atom. The number of carbonyl (C=O) groups excluding carboxylic acids is 2. The molecular formula is C16H16BrN3O3. The van der Waals surface area contributed by atoms with Gasteiger partial charge in [0.25, 0.3) is 5.91 Å². The molecule has 0 saturated heterocycles. The van der Waals surface area contributed by atoms with Crippen molar-refractivity contribution >= 4 is 27.7 Å². The molecule has 0 fully saturated rings. The van der Waals surface area contributed by atoms with Crippen LogP contribution in [0.15, 0.2) is 53.3 Å². The molecule has 1 heterocycles. The second-order valence-corrected chi connectivity index (χ2v) is 5.61. The van der Waals surface area contributed by atoms with E-state index in [0.717, 1.165) is 10.0 Å². The van der Waals surface area contributed by atoms with Crippen LogP contribution >= 0.6 is 15.9 Å². The van der Waals surface area contributed by atoms with Crippen LogP contribution in [0.4, 0.5) is 0 Å². The molecule has 0 radical (unpaired) electrons. The van der Waals surface area contributed by atoms with Crippen molar-refractivity contribution in [3.8, 4) is 5.75 Å². The van der Waals surface area contributed by atoms with Crippen LogP contribution in [-0.4, -0.2) is 23.4 Å². The van der Waals surface area contributed by atoms with Crippen LogP contribution in [0.2, 0.25) is 0 Å². The maximum atomic E-state index is 11.6. The van der Waals surface area contributed by atoms with Gasteiger partial charge in [-0.25, -0.2) is 0 Å². The van der Waals surface area contributed by atoms with Gasteiger partial charge in [0.15, 0.2) is 6.61 Å². The van der Waals surface area contributed by atoms with Gasteiger partial charge in [0.2, 0.25) is 5.91 Å². The number of aryl methyl sites for hydroxylation is 1. The number of nitrogens with one attached hydrogen (secondary N) is 2. The Morgan fingerprint density at radius 3 is 2.35 bits per heavy atom. The van der Waals surface area contributed by atoms with Gasteiger partial charge in [-0.2, -0.15) is 0 Å². The second-order valence-electron chi connectivity index (χ2n) is 4.69. The first-order valence-electron chi connectivity index (χ1n) is 6.98. The molecule has 2 N–H and O–H groups in total. The van der Waals surface area contributed by atoms with Crippen molar-refractivity contribution in [3.63, 3.8) is 0 Å². The first-order valence-corrected chi connectivity index (χ1v) is 7.78. The number of ether oxygens (including phenoxy) is 1. The van der Waals surface area contributed by atoms with Gasteiger partial charge in [0.05, 0.1) is 0 Å². The number of amides is 2. The molecular weight excluding hydrogens is 362 g/mol. The molecule has 0 atom stereocenters. The van der Waals surface area contributed by atoms with Crippen molar-refractivity contribution in [1.82, 2.24) is 15.8 Å². The normalized spacial score (nSPS) is 9.96. The SMILES string of the molecule is O=C(CCc1ccncc1)NNC(=O)COc1ccc(Br)cc1. The number of carbonyl (C=O) groups is 2. The summed E-state index contributed by atoms with van der Waals surface area (Å²) in [4.78, 5) is 27.1. The molecule has 0 aliphatic carbocycles. The Bertz CT molecular complexity index is 647. The first-order chi connectivity index (χ1) is 11.1. The van der Waals surface area contributed by atoms with E-state index in [1.165, 1.54) is 0 Å². The lowest BCUT2D eigenvalue weighted by molar-refractivity contribution is -0.130. The second kappa shape index (κ2) is 8.89. The monoisotopic (exact) mass is 377 g/mol. The van der Waals surface area contributed by atoms with Gasteiger partial charge >= 0.3 is 0 Å². The molecule has 2 amide bonds. The van der Waals surface area contributed by atoms with Gasteiger partial charge in [-0.05, 0) is 48.4 Å². The largest absolute Gasteiger partial charge is 0.484 e. The lowest BCUT2D eigenvalue weighted by atomic mass is 10.1. The van der Waals surface area contributed by atoms with Crippen molar-refractivity contribution in [3.05, 3.63) is 58.8 Å². The fourth-order valence-corrected chi connectivity index (χ4v) is 1.99. The molecule has 0 spiro atoms. The zero-order valence-corrected chi connectivity index (χ0v) is 13.9. The van der Waals surface area contributed by atoms with Crippen LogP contribution in [0.3, 0.4) is 0 Å². The smallest absolute Gasteiger partial charge is 0.276 e. The number of hydrogen-bond donors (Lipinski definition) is 2. The molecule has 0 aliphatic heterocycles. The number of hydrazine groups is 1. The summed E-state index contributed by atoms with van der Waals surface area (Å²) >= 11 is 3.31. The number of benzene rings is 1. The zero-order chi connectivity index (χ0) is 16.5. The predicted octanol–water partition coefficient (Wildman–Crippen LogP) is 2.00. The van der Waals surface area contributed by atoms with Gasteiger partial charge in [-0.1, -0.05) is 15.9 Å². The minimum atomic E-state index is -0.426. The highest BCUT2D eigenvalue weighted by atomic mass is 79.9. The van der Waals surface area contributed by atoms with Crippen LogP contribution in [0.5, 0.6) is 5.75 Å². The number of hydrogen-bond acceptors (Lipinski definition) is 4. The van der Waals surface area contributed by atoms with Gasteiger partial charge in [0.1, 0.15) is 5.75 Å². The fraction of sp³-hybridized carbons (Fsp3) is 0.188. The Labute approximate surface area is 142 Å². The lowest BCUT2D eigenvalue weighted by Crippen LogP contribution is -2.43. The van der Waals surface area contributed by atoms with Crippen LogP contribution in [0, 0.1) is 0 Å². The minimum absolute atomic E-state index is 0.174. The zero-order valence-electron chi connectivity index (χ0n) is 12.3. The predicted molar refractivity (Wildman–Crippen MR) is 88.5 cm³/mol. The quantitative estimate of drug-likeness (QED) is 0.754. The third kappa shape index (κ3) is 6.48. The van der Waals surface area contributed by atoms with Crippen molar-refractivity contribution < 1.29 is 14.3 Å². The van der Waals surface area contributed by atoms with E-state index in [9.17, 15) is 9.59 Å². The van der Waals surface area contributed by atoms with E-state index in [0.29, 0.717) is 12.2 Å². The molecule has 0 aliphatic rings. The highest BCUT2D eigenvalue weighted by Gasteiger charge is 2.06.